The quantitative estimate of drug-likeness (QED) is 0.834. The standard InChI is InChI=1S/C20H22FNO3/c1-11-16(19(24)25-4)17(12-5-7-13(21)8-6-12)18-14(22-11)9-20(2,3)10-15(18)23/h5-8,17,22H,9-10H2,1-4H3/t17-/m0/s1. The molecule has 4 nitrogen and oxygen atoms in total. The number of esters is 1. The molecule has 0 saturated carbocycles. The number of nitrogens with one attached hydrogen (secondary N) is 1. The van der Waals surface area contributed by atoms with E-state index < -0.39 is 11.9 Å². The number of rotatable bonds is 2. The molecule has 0 amide bonds. The normalized spacial score (nSPS) is 22.4. The summed E-state index contributed by atoms with van der Waals surface area (Å²) in [6.45, 7) is 5.91. The van der Waals surface area contributed by atoms with Crippen molar-refractivity contribution in [3.8, 4) is 0 Å². The number of halogens is 1. The van der Waals surface area contributed by atoms with Crippen LogP contribution in [-0.2, 0) is 14.3 Å². The van der Waals surface area contributed by atoms with Gasteiger partial charge in [-0.05, 0) is 36.5 Å². The van der Waals surface area contributed by atoms with E-state index in [2.05, 4.69) is 19.2 Å². The Balaban J connectivity index is 2.19. The van der Waals surface area contributed by atoms with Crippen LogP contribution in [0, 0.1) is 11.2 Å². The van der Waals surface area contributed by atoms with Gasteiger partial charge in [0, 0.05) is 29.3 Å². The average Bonchev–Trinajstić information content (AvgIpc) is 2.52. The van der Waals surface area contributed by atoms with E-state index in [1.807, 2.05) is 0 Å². The van der Waals surface area contributed by atoms with Crippen LogP contribution in [0.15, 0.2) is 46.8 Å². The van der Waals surface area contributed by atoms with E-state index in [0.29, 0.717) is 28.8 Å². The summed E-state index contributed by atoms with van der Waals surface area (Å²) in [5.74, 6) is -1.36. The molecule has 0 aromatic heterocycles. The Labute approximate surface area is 146 Å². The number of ether oxygens (including phenoxy) is 1. The highest BCUT2D eigenvalue weighted by Gasteiger charge is 2.42. The van der Waals surface area contributed by atoms with Gasteiger partial charge < -0.3 is 10.1 Å². The van der Waals surface area contributed by atoms with Crippen LogP contribution >= 0.6 is 0 Å². The fourth-order valence-electron chi connectivity index (χ4n) is 3.81. The van der Waals surface area contributed by atoms with Crippen molar-refractivity contribution in [3.05, 3.63) is 58.2 Å². The van der Waals surface area contributed by atoms with Crippen LogP contribution in [0.3, 0.4) is 0 Å². The SMILES string of the molecule is COC(=O)C1=C(C)NC2=C(C(=O)CC(C)(C)C2)[C@H]1c1ccc(F)cc1. The maximum atomic E-state index is 13.4. The zero-order valence-electron chi connectivity index (χ0n) is 14.9. The average molecular weight is 343 g/mol. The van der Waals surface area contributed by atoms with Crippen molar-refractivity contribution in [1.82, 2.24) is 5.32 Å². The number of carbonyl (C=O) groups is 2. The lowest BCUT2D eigenvalue weighted by Gasteiger charge is -2.39. The monoisotopic (exact) mass is 343 g/mol. The van der Waals surface area contributed by atoms with Gasteiger partial charge in [-0.25, -0.2) is 9.18 Å². The van der Waals surface area contributed by atoms with Gasteiger partial charge in [-0.2, -0.15) is 0 Å². The van der Waals surface area contributed by atoms with Gasteiger partial charge in [0.05, 0.1) is 12.7 Å². The van der Waals surface area contributed by atoms with E-state index in [9.17, 15) is 14.0 Å². The van der Waals surface area contributed by atoms with E-state index in [1.54, 1.807) is 19.1 Å². The minimum atomic E-state index is -0.534. The van der Waals surface area contributed by atoms with Gasteiger partial charge in [-0.15, -0.1) is 0 Å². The largest absolute Gasteiger partial charge is 0.466 e. The molecule has 0 spiro atoms. The number of carbonyl (C=O) groups excluding carboxylic acids is 2. The Hall–Kier alpha value is -2.43. The van der Waals surface area contributed by atoms with Crippen molar-refractivity contribution in [2.24, 2.45) is 5.41 Å². The summed E-state index contributed by atoms with van der Waals surface area (Å²) in [5.41, 5.74) is 3.09. The first-order valence-corrected chi connectivity index (χ1v) is 8.31. The van der Waals surface area contributed by atoms with Gasteiger partial charge in [-0.3, -0.25) is 4.79 Å². The topological polar surface area (TPSA) is 55.4 Å². The lowest BCUT2D eigenvalue weighted by Crippen LogP contribution is -2.38. The number of ketones is 1. The number of Topliss-reactive ketones (excluding diaryl/α,β-unsaturated/α-hetero) is 1. The maximum Gasteiger partial charge on any atom is 0.336 e. The first kappa shape index (κ1) is 17.4. The van der Waals surface area contributed by atoms with Crippen LogP contribution in [0.5, 0.6) is 0 Å². The second-order valence-corrected chi connectivity index (χ2v) is 7.47. The van der Waals surface area contributed by atoms with Crippen molar-refractivity contribution in [1.29, 1.82) is 0 Å². The molecule has 0 bridgehead atoms. The number of benzene rings is 1. The second kappa shape index (κ2) is 6.14. The lowest BCUT2D eigenvalue weighted by molar-refractivity contribution is -0.136. The molecule has 3 rings (SSSR count). The zero-order valence-corrected chi connectivity index (χ0v) is 14.9. The molecule has 1 aliphatic carbocycles. The van der Waals surface area contributed by atoms with Gasteiger partial charge in [0.15, 0.2) is 5.78 Å². The molecule has 1 atom stereocenters. The molecule has 1 aliphatic heterocycles. The number of hydrogen-bond donors (Lipinski definition) is 1. The van der Waals surface area contributed by atoms with Crippen LogP contribution in [0.25, 0.3) is 0 Å². The summed E-state index contributed by atoms with van der Waals surface area (Å²) in [5, 5.41) is 3.24. The third kappa shape index (κ3) is 3.11. The smallest absolute Gasteiger partial charge is 0.336 e. The molecule has 132 valence electrons. The fourth-order valence-corrected chi connectivity index (χ4v) is 3.81. The van der Waals surface area contributed by atoms with Crippen molar-refractivity contribution in [2.45, 2.75) is 39.5 Å². The van der Waals surface area contributed by atoms with Crippen molar-refractivity contribution < 1.29 is 18.7 Å². The molecular weight excluding hydrogens is 321 g/mol. The van der Waals surface area contributed by atoms with Gasteiger partial charge in [-0.1, -0.05) is 26.0 Å². The second-order valence-electron chi connectivity index (χ2n) is 7.47. The Morgan fingerprint density at radius 2 is 1.88 bits per heavy atom. The Bertz CT molecular complexity index is 803. The maximum absolute atomic E-state index is 13.4. The predicted molar refractivity (Wildman–Crippen MR) is 92.0 cm³/mol. The highest BCUT2D eigenvalue weighted by molar-refractivity contribution is 6.04. The Kier molecular flexibility index (Phi) is 4.27. The predicted octanol–water partition coefficient (Wildman–Crippen LogP) is 3.60. The van der Waals surface area contributed by atoms with E-state index >= 15 is 0 Å². The van der Waals surface area contributed by atoms with E-state index in [4.69, 9.17) is 4.74 Å². The van der Waals surface area contributed by atoms with E-state index in [1.165, 1.54) is 19.2 Å². The molecule has 0 saturated heterocycles. The van der Waals surface area contributed by atoms with E-state index in [-0.39, 0.29) is 17.0 Å². The molecule has 5 heteroatoms. The molecule has 1 aromatic rings. The lowest BCUT2D eigenvalue weighted by atomic mass is 9.68. The fraction of sp³-hybridized carbons (Fsp3) is 0.400. The molecule has 2 aliphatic rings. The summed E-state index contributed by atoms with van der Waals surface area (Å²) < 4.78 is 18.3. The summed E-state index contributed by atoms with van der Waals surface area (Å²) >= 11 is 0. The van der Waals surface area contributed by atoms with Gasteiger partial charge in [0.25, 0.3) is 0 Å². The minimum Gasteiger partial charge on any atom is -0.466 e. The van der Waals surface area contributed by atoms with Crippen LogP contribution in [-0.4, -0.2) is 18.9 Å². The zero-order chi connectivity index (χ0) is 18.4. The molecule has 1 N–H and O–H groups in total. The van der Waals surface area contributed by atoms with Crippen LogP contribution < -0.4 is 5.32 Å². The molecule has 1 heterocycles. The molecule has 0 radical (unpaired) electrons. The van der Waals surface area contributed by atoms with Gasteiger partial charge >= 0.3 is 5.97 Å². The minimum absolute atomic E-state index is 0.0157. The number of methoxy groups -OCH3 is 1. The van der Waals surface area contributed by atoms with Gasteiger partial charge in [0.2, 0.25) is 0 Å². The number of allylic oxidation sites excluding steroid dienone is 3. The molecule has 0 unspecified atom stereocenters. The first-order chi connectivity index (χ1) is 11.7. The summed E-state index contributed by atoms with van der Waals surface area (Å²) in [7, 11) is 1.32. The summed E-state index contributed by atoms with van der Waals surface area (Å²) in [6, 6.07) is 5.94. The first-order valence-electron chi connectivity index (χ1n) is 8.31. The third-order valence-electron chi connectivity index (χ3n) is 4.85. The summed E-state index contributed by atoms with van der Waals surface area (Å²) in [4.78, 5) is 25.3. The Morgan fingerprint density at radius 1 is 1.24 bits per heavy atom. The van der Waals surface area contributed by atoms with Gasteiger partial charge in [0.1, 0.15) is 5.82 Å². The molecular formula is C20H22FNO3. The highest BCUT2D eigenvalue weighted by Crippen LogP contribution is 2.46. The van der Waals surface area contributed by atoms with Crippen molar-refractivity contribution >= 4 is 11.8 Å². The highest BCUT2D eigenvalue weighted by atomic mass is 19.1. The van der Waals surface area contributed by atoms with Crippen LogP contribution in [0.4, 0.5) is 4.39 Å². The van der Waals surface area contributed by atoms with Crippen LogP contribution in [0.1, 0.15) is 45.1 Å². The molecule has 0 fully saturated rings. The Morgan fingerprint density at radius 3 is 2.48 bits per heavy atom. The van der Waals surface area contributed by atoms with E-state index in [0.717, 1.165) is 12.1 Å². The number of dihydropyridines is 1. The molecule has 1 aromatic carbocycles. The van der Waals surface area contributed by atoms with Crippen LogP contribution in [0.2, 0.25) is 0 Å². The van der Waals surface area contributed by atoms with Crippen molar-refractivity contribution in [3.63, 3.8) is 0 Å². The number of hydrogen-bond acceptors (Lipinski definition) is 4. The third-order valence-corrected chi connectivity index (χ3v) is 4.85. The van der Waals surface area contributed by atoms with Crippen molar-refractivity contribution in [2.75, 3.05) is 7.11 Å². The molecule has 25 heavy (non-hydrogen) atoms. The summed E-state index contributed by atoms with van der Waals surface area (Å²) in [6.07, 6.45) is 1.14.